The Morgan fingerprint density at radius 1 is 1.62 bits per heavy atom. The quantitative estimate of drug-likeness (QED) is 0.856. The molecule has 2 unspecified atom stereocenters. The van der Waals surface area contributed by atoms with E-state index < -0.39 is 6.10 Å². The lowest BCUT2D eigenvalue weighted by Gasteiger charge is -2.25. The monoisotopic (exact) mass is 306 g/mol. The second kappa shape index (κ2) is 5.61. The second-order valence-corrected chi connectivity index (χ2v) is 5.98. The van der Waals surface area contributed by atoms with Crippen LogP contribution in [0.3, 0.4) is 0 Å². The Bertz CT molecular complexity index is 719. The molecule has 0 bridgehead atoms. The summed E-state index contributed by atoms with van der Waals surface area (Å²) in [6, 6.07) is 5.43. The lowest BCUT2D eigenvalue weighted by Crippen LogP contribution is -2.37. The van der Waals surface area contributed by atoms with Crippen LogP contribution in [-0.4, -0.2) is 39.6 Å². The number of oxazole rings is 1. The van der Waals surface area contributed by atoms with Crippen LogP contribution >= 0.6 is 12.2 Å². The number of nitrogens with zero attached hydrogens (tertiary/aromatic N) is 1. The zero-order chi connectivity index (χ0) is 15.0. The molecule has 1 aromatic carbocycles. The maximum atomic E-state index is 12.7. The summed E-state index contributed by atoms with van der Waals surface area (Å²) in [5.74, 6) is -0.0117. The summed E-state index contributed by atoms with van der Waals surface area (Å²) < 4.78 is 5.36. The Labute approximate surface area is 127 Å². The van der Waals surface area contributed by atoms with Crippen LogP contribution in [0.15, 0.2) is 22.6 Å². The molecule has 2 heterocycles. The van der Waals surface area contributed by atoms with E-state index in [4.69, 9.17) is 16.6 Å². The Kier molecular flexibility index (Phi) is 3.82. The molecule has 1 aliphatic rings. The maximum absolute atomic E-state index is 12.7. The van der Waals surface area contributed by atoms with E-state index in [-0.39, 0.29) is 11.9 Å². The summed E-state index contributed by atoms with van der Waals surface area (Å²) in [6.07, 6.45) is 2.16. The molecule has 0 aliphatic carbocycles. The Balaban J connectivity index is 1.86. The van der Waals surface area contributed by atoms with E-state index in [2.05, 4.69) is 4.98 Å². The molecule has 1 fully saturated rings. The van der Waals surface area contributed by atoms with Gasteiger partial charge in [-0.2, -0.15) is 0 Å². The number of amides is 1. The van der Waals surface area contributed by atoms with E-state index in [1.807, 2.05) is 11.0 Å². The van der Waals surface area contributed by atoms with Crippen LogP contribution in [0.1, 0.15) is 36.5 Å². The minimum absolute atomic E-state index is 0.0117. The van der Waals surface area contributed by atoms with E-state index in [0.717, 1.165) is 24.9 Å². The number of hydrogen-bond acceptors (Lipinski definition) is 4. The molecular formula is C15H18N2O3S. The van der Waals surface area contributed by atoms with Crippen LogP contribution in [-0.2, 0) is 0 Å². The van der Waals surface area contributed by atoms with Gasteiger partial charge >= 0.3 is 0 Å². The van der Waals surface area contributed by atoms with Crippen molar-refractivity contribution >= 4 is 29.2 Å². The number of rotatable bonds is 3. The van der Waals surface area contributed by atoms with Gasteiger partial charge in [0, 0.05) is 18.2 Å². The normalized spacial score (nSPS) is 20.1. The van der Waals surface area contributed by atoms with Gasteiger partial charge in [0.15, 0.2) is 5.58 Å². The number of hydrogen-bond donors (Lipinski definition) is 2. The summed E-state index contributed by atoms with van der Waals surface area (Å²) in [5.41, 5.74) is 1.98. The molecule has 1 aliphatic heterocycles. The minimum atomic E-state index is -0.395. The molecule has 1 amide bonds. The van der Waals surface area contributed by atoms with Crippen molar-refractivity contribution in [2.24, 2.45) is 0 Å². The van der Waals surface area contributed by atoms with Crippen molar-refractivity contribution in [3.05, 3.63) is 28.6 Å². The molecule has 0 saturated carbocycles. The lowest BCUT2D eigenvalue weighted by molar-refractivity contribution is 0.0682. The first-order valence-electron chi connectivity index (χ1n) is 7.16. The topological polar surface area (TPSA) is 69.5 Å². The van der Waals surface area contributed by atoms with E-state index >= 15 is 0 Å². The molecule has 112 valence electrons. The number of aliphatic hydroxyl groups excluding tert-OH is 1. The van der Waals surface area contributed by atoms with Gasteiger partial charge in [-0.05, 0) is 56.6 Å². The summed E-state index contributed by atoms with van der Waals surface area (Å²) in [5, 5.41) is 9.56. The third-order valence-corrected chi connectivity index (χ3v) is 4.10. The Morgan fingerprint density at radius 3 is 3.19 bits per heavy atom. The number of aromatic amines is 1. The van der Waals surface area contributed by atoms with E-state index in [1.165, 1.54) is 0 Å². The van der Waals surface area contributed by atoms with Crippen LogP contribution in [0.4, 0.5) is 0 Å². The summed E-state index contributed by atoms with van der Waals surface area (Å²) in [6.45, 7) is 2.50. The lowest BCUT2D eigenvalue weighted by atomic mass is 10.1. The summed E-state index contributed by atoms with van der Waals surface area (Å²) in [7, 11) is 0. The third kappa shape index (κ3) is 2.87. The first-order valence-corrected chi connectivity index (χ1v) is 7.57. The smallest absolute Gasteiger partial charge is 0.266 e. The molecule has 2 atom stereocenters. The van der Waals surface area contributed by atoms with Crippen molar-refractivity contribution < 1.29 is 14.3 Å². The largest absolute Gasteiger partial charge is 0.429 e. The number of likely N-dealkylation sites (tertiary alicyclic amines) is 1. The highest BCUT2D eigenvalue weighted by molar-refractivity contribution is 7.71. The fraction of sp³-hybridized carbons (Fsp3) is 0.467. The number of nitrogens with one attached hydrogen (secondary N) is 1. The van der Waals surface area contributed by atoms with Gasteiger partial charge in [-0.3, -0.25) is 4.79 Å². The van der Waals surface area contributed by atoms with E-state index in [9.17, 15) is 9.90 Å². The molecule has 2 aromatic rings. The van der Waals surface area contributed by atoms with Crippen LogP contribution in [0, 0.1) is 4.84 Å². The van der Waals surface area contributed by atoms with Crippen molar-refractivity contribution in [2.75, 3.05) is 6.54 Å². The molecule has 3 rings (SSSR count). The number of carbonyl (C=O) groups excluding carboxylic acids is 1. The van der Waals surface area contributed by atoms with Gasteiger partial charge in [-0.25, -0.2) is 0 Å². The zero-order valence-electron chi connectivity index (χ0n) is 11.8. The number of benzene rings is 1. The highest BCUT2D eigenvalue weighted by Crippen LogP contribution is 2.25. The van der Waals surface area contributed by atoms with Gasteiger partial charge in [0.1, 0.15) is 0 Å². The first-order chi connectivity index (χ1) is 10.0. The molecule has 1 saturated heterocycles. The van der Waals surface area contributed by atoms with Crippen molar-refractivity contribution in [3.63, 3.8) is 0 Å². The van der Waals surface area contributed by atoms with Gasteiger partial charge in [-0.1, -0.05) is 0 Å². The maximum Gasteiger partial charge on any atom is 0.266 e. The van der Waals surface area contributed by atoms with Gasteiger partial charge in [0.25, 0.3) is 10.7 Å². The highest BCUT2D eigenvalue weighted by Gasteiger charge is 2.30. The second-order valence-electron chi connectivity index (χ2n) is 5.60. The number of aliphatic hydroxyl groups is 1. The van der Waals surface area contributed by atoms with Crippen LogP contribution in [0.25, 0.3) is 11.1 Å². The molecular weight excluding hydrogens is 288 g/mol. The van der Waals surface area contributed by atoms with Crippen LogP contribution < -0.4 is 0 Å². The summed E-state index contributed by atoms with van der Waals surface area (Å²) in [4.78, 5) is 17.7. The van der Waals surface area contributed by atoms with Crippen LogP contribution in [0.2, 0.25) is 0 Å². The van der Waals surface area contributed by atoms with Crippen molar-refractivity contribution in [1.29, 1.82) is 0 Å². The van der Waals surface area contributed by atoms with Crippen molar-refractivity contribution in [3.8, 4) is 0 Å². The predicted octanol–water partition coefficient (Wildman–Crippen LogP) is 2.87. The average Bonchev–Trinajstić information content (AvgIpc) is 3.01. The van der Waals surface area contributed by atoms with E-state index in [1.54, 1.807) is 19.1 Å². The molecule has 5 nitrogen and oxygen atoms in total. The number of aromatic nitrogens is 1. The minimum Gasteiger partial charge on any atom is -0.429 e. The summed E-state index contributed by atoms with van der Waals surface area (Å²) >= 11 is 4.95. The number of H-pyrrole nitrogens is 1. The Morgan fingerprint density at radius 2 is 2.43 bits per heavy atom. The molecule has 0 spiro atoms. The number of carbonyl (C=O) groups is 1. The zero-order valence-corrected chi connectivity index (χ0v) is 12.7. The van der Waals surface area contributed by atoms with E-state index in [0.29, 0.717) is 22.4 Å². The average molecular weight is 306 g/mol. The molecule has 0 radical (unpaired) electrons. The number of fused-ring (bicyclic) bond motifs is 1. The standard InChI is InChI=1S/C15H18N2O3S/c1-9(18)7-11-3-2-6-17(11)14(19)10-4-5-12-13(8-10)20-15(21)16-12/h4-5,8-9,11,18H,2-3,6-7H2,1H3,(H,16,21). The molecule has 2 N–H and O–H groups in total. The SMILES string of the molecule is CC(O)CC1CCCN1C(=O)c1ccc2[nH]c(=S)oc2c1. The molecule has 21 heavy (non-hydrogen) atoms. The van der Waals surface area contributed by atoms with Gasteiger partial charge in [0.05, 0.1) is 11.6 Å². The first kappa shape index (κ1) is 14.3. The fourth-order valence-corrected chi connectivity index (χ4v) is 3.19. The molecule has 6 heteroatoms. The fourth-order valence-electron chi connectivity index (χ4n) is 2.99. The third-order valence-electron chi connectivity index (χ3n) is 3.92. The van der Waals surface area contributed by atoms with Crippen LogP contribution in [0.5, 0.6) is 0 Å². The molecule has 1 aromatic heterocycles. The predicted molar refractivity (Wildman–Crippen MR) is 81.8 cm³/mol. The Hall–Kier alpha value is -1.66. The van der Waals surface area contributed by atoms with Gasteiger partial charge < -0.3 is 19.4 Å². The van der Waals surface area contributed by atoms with Crippen molar-refractivity contribution in [2.45, 2.75) is 38.3 Å². The highest BCUT2D eigenvalue weighted by atomic mass is 32.1. The van der Waals surface area contributed by atoms with Crippen molar-refractivity contribution in [1.82, 2.24) is 9.88 Å². The van der Waals surface area contributed by atoms with Gasteiger partial charge in [0.2, 0.25) is 0 Å². The van der Waals surface area contributed by atoms with Gasteiger partial charge in [-0.15, -0.1) is 0 Å².